The summed E-state index contributed by atoms with van der Waals surface area (Å²) in [7, 11) is 3.44. The second kappa shape index (κ2) is 7.41. The maximum absolute atomic E-state index is 13.0. The molecule has 3 aromatic rings. The summed E-state index contributed by atoms with van der Waals surface area (Å²) in [5.41, 5.74) is 1.88. The third-order valence-corrected chi connectivity index (χ3v) is 5.72. The number of carbonyl (C=O) groups is 1. The molecule has 0 radical (unpaired) electrons. The molecule has 0 fully saturated rings. The van der Waals surface area contributed by atoms with E-state index in [0.29, 0.717) is 21.9 Å². The van der Waals surface area contributed by atoms with Crippen molar-refractivity contribution in [3.05, 3.63) is 46.1 Å². The summed E-state index contributed by atoms with van der Waals surface area (Å²) in [5.74, 6) is 0.264. The van der Waals surface area contributed by atoms with Crippen LogP contribution in [-0.4, -0.2) is 40.2 Å². The monoisotopic (exact) mass is 373 g/mol. The average Bonchev–Trinajstić information content (AvgIpc) is 3.04. The molecule has 0 aliphatic carbocycles. The van der Waals surface area contributed by atoms with Crippen LogP contribution >= 0.6 is 23.1 Å². The van der Waals surface area contributed by atoms with E-state index in [1.807, 2.05) is 42.6 Å². The van der Waals surface area contributed by atoms with Gasteiger partial charge in [0.1, 0.15) is 4.83 Å². The first kappa shape index (κ1) is 17.7. The molecule has 0 aliphatic heterocycles. The Hall–Kier alpha value is -2.12. The van der Waals surface area contributed by atoms with E-state index in [1.165, 1.54) is 23.1 Å². The molecule has 1 amide bonds. The van der Waals surface area contributed by atoms with Crippen LogP contribution in [0.2, 0.25) is 0 Å². The first-order chi connectivity index (χ1) is 12.0. The van der Waals surface area contributed by atoms with Gasteiger partial charge in [0, 0.05) is 31.6 Å². The second-order valence-electron chi connectivity index (χ2n) is 5.72. The molecule has 2 heterocycles. The number of nitrogens with zero attached hydrogens (tertiary/aromatic N) is 3. The van der Waals surface area contributed by atoms with Crippen LogP contribution in [0.3, 0.4) is 0 Å². The van der Waals surface area contributed by atoms with Crippen molar-refractivity contribution in [3.63, 3.8) is 0 Å². The van der Waals surface area contributed by atoms with E-state index in [0.717, 1.165) is 11.1 Å². The highest BCUT2D eigenvalue weighted by Gasteiger charge is 2.17. The van der Waals surface area contributed by atoms with Gasteiger partial charge < -0.3 is 4.90 Å². The largest absolute Gasteiger partial charge is 0.348 e. The van der Waals surface area contributed by atoms with Crippen LogP contribution in [0.15, 0.2) is 45.7 Å². The van der Waals surface area contributed by atoms with Crippen molar-refractivity contribution in [2.45, 2.75) is 18.6 Å². The molecule has 0 unspecified atom stereocenters. The first-order valence-corrected chi connectivity index (χ1v) is 9.79. The lowest BCUT2D eigenvalue weighted by atomic mass is 10.1. The van der Waals surface area contributed by atoms with Gasteiger partial charge >= 0.3 is 0 Å². The Balaban J connectivity index is 2.08. The van der Waals surface area contributed by atoms with Crippen molar-refractivity contribution in [2.24, 2.45) is 0 Å². The SMILES string of the molecule is CCn1c(SCC(=O)N(C)C)nc2scc(-c3ccccc3)c2c1=O. The third kappa shape index (κ3) is 3.48. The summed E-state index contributed by atoms with van der Waals surface area (Å²) in [5, 5.41) is 3.23. The Bertz CT molecular complexity index is 962. The van der Waals surface area contributed by atoms with Gasteiger partial charge in [0.15, 0.2) is 5.16 Å². The Morgan fingerprint density at radius 1 is 1.28 bits per heavy atom. The Morgan fingerprint density at radius 3 is 2.64 bits per heavy atom. The van der Waals surface area contributed by atoms with Crippen LogP contribution in [0.25, 0.3) is 21.3 Å². The normalized spacial score (nSPS) is 11.0. The lowest BCUT2D eigenvalue weighted by molar-refractivity contribution is -0.125. The molecule has 3 rings (SSSR count). The number of benzene rings is 1. The number of rotatable bonds is 5. The van der Waals surface area contributed by atoms with Crippen molar-refractivity contribution in [1.82, 2.24) is 14.5 Å². The van der Waals surface area contributed by atoms with Gasteiger partial charge in [0.05, 0.1) is 11.1 Å². The zero-order chi connectivity index (χ0) is 18.0. The van der Waals surface area contributed by atoms with E-state index in [4.69, 9.17) is 0 Å². The maximum atomic E-state index is 13.0. The molecular formula is C18H19N3O2S2. The summed E-state index contributed by atoms with van der Waals surface area (Å²) in [6.45, 7) is 2.44. The number of hydrogen-bond acceptors (Lipinski definition) is 5. The van der Waals surface area contributed by atoms with Gasteiger partial charge in [-0.15, -0.1) is 11.3 Å². The smallest absolute Gasteiger partial charge is 0.263 e. The van der Waals surface area contributed by atoms with Gasteiger partial charge in [-0.3, -0.25) is 14.2 Å². The minimum atomic E-state index is -0.0487. The van der Waals surface area contributed by atoms with Crippen molar-refractivity contribution >= 4 is 39.2 Å². The van der Waals surface area contributed by atoms with Gasteiger partial charge in [-0.2, -0.15) is 0 Å². The van der Waals surface area contributed by atoms with Crippen LogP contribution in [0.4, 0.5) is 0 Å². The fourth-order valence-electron chi connectivity index (χ4n) is 2.48. The number of aromatic nitrogens is 2. The zero-order valence-corrected chi connectivity index (χ0v) is 16.0. The lowest BCUT2D eigenvalue weighted by Crippen LogP contribution is -2.25. The Kier molecular flexibility index (Phi) is 5.24. The molecule has 5 nitrogen and oxygen atoms in total. The minimum Gasteiger partial charge on any atom is -0.348 e. The lowest BCUT2D eigenvalue weighted by Gasteiger charge is -2.12. The molecule has 0 atom stereocenters. The number of fused-ring (bicyclic) bond motifs is 1. The van der Waals surface area contributed by atoms with Gasteiger partial charge in [0.25, 0.3) is 5.56 Å². The van der Waals surface area contributed by atoms with Crippen molar-refractivity contribution in [1.29, 1.82) is 0 Å². The van der Waals surface area contributed by atoms with Crippen LogP contribution in [0.1, 0.15) is 6.92 Å². The molecule has 0 saturated carbocycles. The molecule has 130 valence electrons. The number of carbonyl (C=O) groups excluding carboxylic acids is 1. The number of hydrogen-bond donors (Lipinski definition) is 0. The summed E-state index contributed by atoms with van der Waals surface area (Å²) >= 11 is 2.77. The molecule has 0 bridgehead atoms. The fourth-order valence-corrected chi connectivity index (χ4v) is 4.51. The van der Waals surface area contributed by atoms with Gasteiger partial charge in [-0.1, -0.05) is 42.1 Å². The molecule has 0 N–H and O–H groups in total. The van der Waals surface area contributed by atoms with Crippen LogP contribution < -0.4 is 5.56 Å². The molecule has 0 aliphatic rings. The summed E-state index contributed by atoms with van der Waals surface area (Å²) in [4.78, 5) is 31.8. The molecule has 2 aromatic heterocycles. The first-order valence-electron chi connectivity index (χ1n) is 7.93. The molecule has 7 heteroatoms. The predicted molar refractivity (Wildman–Crippen MR) is 104 cm³/mol. The second-order valence-corrected chi connectivity index (χ2v) is 7.52. The van der Waals surface area contributed by atoms with E-state index in [-0.39, 0.29) is 17.2 Å². The van der Waals surface area contributed by atoms with Crippen molar-refractivity contribution < 1.29 is 4.79 Å². The van der Waals surface area contributed by atoms with Crippen LogP contribution in [-0.2, 0) is 11.3 Å². The van der Waals surface area contributed by atoms with Crippen molar-refractivity contribution in [2.75, 3.05) is 19.8 Å². The summed E-state index contributed by atoms with van der Waals surface area (Å²) < 4.78 is 1.65. The molecule has 25 heavy (non-hydrogen) atoms. The van der Waals surface area contributed by atoms with Crippen molar-refractivity contribution in [3.8, 4) is 11.1 Å². The topological polar surface area (TPSA) is 55.2 Å². The quantitative estimate of drug-likeness (QED) is 0.508. The van der Waals surface area contributed by atoms with E-state index in [9.17, 15) is 9.59 Å². The zero-order valence-electron chi connectivity index (χ0n) is 14.4. The maximum Gasteiger partial charge on any atom is 0.263 e. The number of amides is 1. The number of thioether (sulfide) groups is 1. The number of thiophene rings is 1. The van der Waals surface area contributed by atoms with E-state index >= 15 is 0 Å². The minimum absolute atomic E-state index is 0.00171. The van der Waals surface area contributed by atoms with Gasteiger partial charge in [-0.05, 0) is 12.5 Å². The highest BCUT2D eigenvalue weighted by atomic mass is 32.2. The predicted octanol–water partition coefficient (Wildman–Crippen LogP) is 3.33. The highest BCUT2D eigenvalue weighted by molar-refractivity contribution is 7.99. The summed E-state index contributed by atoms with van der Waals surface area (Å²) in [6, 6.07) is 9.87. The standard InChI is InChI=1S/C18H19N3O2S2/c1-4-21-17(23)15-13(12-8-6-5-7-9-12)10-24-16(15)19-18(21)25-11-14(22)20(2)3/h5-10H,4,11H2,1-3H3. The Morgan fingerprint density at radius 2 is 2.00 bits per heavy atom. The third-order valence-electron chi connectivity index (χ3n) is 3.88. The summed E-state index contributed by atoms with van der Waals surface area (Å²) in [6.07, 6.45) is 0. The fraction of sp³-hybridized carbons (Fsp3) is 0.278. The van der Waals surface area contributed by atoms with Crippen LogP contribution in [0.5, 0.6) is 0 Å². The molecule has 1 aromatic carbocycles. The average molecular weight is 374 g/mol. The van der Waals surface area contributed by atoms with E-state index < -0.39 is 0 Å². The van der Waals surface area contributed by atoms with E-state index in [1.54, 1.807) is 23.6 Å². The molecule has 0 saturated heterocycles. The Labute approximate surface area is 154 Å². The van der Waals surface area contributed by atoms with Crippen LogP contribution in [0, 0.1) is 0 Å². The van der Waals surface area contributed by atoms with Gasteiger partial charge in [-0.25, -0.2) is 4.98 Å². The highest BCUT2D eigenvalue weighted by Crippen LogP contribution is 2.32. The molecular weight excluding hydrogens is 354 g/mol. The molecule has 0 spiro atoms. The van der Waals surface area contributed by atoms with E-state index in [2.05, 4.69) is 4.98 Å². The van der Waals surface area contributed by atoms with Gasteiger partial charge in [0.2, 0.25) is 5.91 Å².